The van der Waals surface area contributed by atoms with Gasteiger partial charge in [-0.1, -0.05) is 0 Å². The number of aromatic nitrogens is 1. The third kappa shape index (κ3) is 4.62. The van der Waals surface area contributed by atoms with Gasteiger partial charge in [0, 0.05) is 18.2 Å². The van der Waals surface area contributed by atoms with Crippen LogP contribution in [0.3, 0.4) is 0 Å². The molecular weight excluding hydrogens is 393 g/mol. The van der Waals surface area contributed by atoms with Crippen LogP contribution in [0, 0.1) is 0 Å². The molecule has 0 N–H and O–H groups in total. The van der Waals surface area contributed by atoms with E-state index in [2.05, 4.69) is 0 Å². The number of aryl methyl sites for hydroxylation is 1. The van der Waals surface area contributed by atoms with Crippen LogP contribution in [0.1, 0.15) is 11.3 Å². The molecule has 1 heterocycles. The molecule has 0 radical (unpaired) electrons. The Morgan fingerprint density at radius 2 is 1.41 bits per heavy atom. The largest absolute Gasteiger partial charge is 1.00 e. The van der Waals surface area contributed by atoms with Gasteiger partial charge in [-0.2, -0.15) is 4.57 Å². The molecule has 0 saturated heterocycles. The lowest BCUT2D eigenvalue weighted by Crippen LogP contribution is -3.00. The minimum Gasteiger partial charge on any atom is -1.00 e. The molecule has 0 bridgehead atoms. The number of hydrogen-bond donors (Lipinski definition) is 0. The molecule has 0 fully saturated rings. The van der Waals surface area contributed by atoms with E-state index in [0.29, 0.717) is 0 Å². The van der Waals surface area contributed by atoms with Gasteiger partial charge in [0.05, 0.1) is 21.3 Å². The van der Waals surface area contributed by atoms with E-state index >= 15 is 0 Å². The van der Waals surface area contributed by atoms with E-state index in [4.69, 9.17) is 14.2 Å². The van der Waals surface area contributed by atoms with Gasteiger partial charge in [0.25, 0.3) is 0 Å². The first kappa shape index (κ1) is 18.3. The van der Waals surface area contributed by atoms with Crippen molar-refractivity contribution in [2.45, 2.75) is 0 Å². The van der Waals surface area contributed by atoms with Crippen molar-refractivity contribution in [3.63, 3.8) is 0 Å². The summed E-state index contributed by atoms with van der Waals surface area (Å²) in [5.74, 6) is 2.37. The van der Waals surface area contributed by atoms with Gasteiger partial charge in [0.15, 0.2) is 5.75 Å². The molecule has 0 amide bonds. The van der Waals surface area contributed by atoms with E-state index in [9.17, 15) is 0 Å². The summed E-state index contributed by atoms with van der Waals surface area (Å²) >= 11 is 0. The molecule has 0 aliphatic heterocycles. The number of hydrogen-bond acceptors (Lipinski definition) is 3. The average Bonchev–Trinajstić information content (AvgIpc) is 2.53. The number of halogens is 1. The van der Waals surface area contributed by atoms with Crippen LogP contribution in [0.4, 0.5) is 0 Å². The predicted octanol–water partition coefficient (Wildman–Crippen LogP) is -0.289. The predicted molar refractivity (Wildman–Crippen MR) is 82.6 cm³/mol. The zero-order valence-corrected chi connectivity index (χ0v) is 15.3. The van der Waals surface area contributed by atoms with Crippen molar-refractivity contribution >= 4 is 12.2 Å². The molecule has 0 aliphatic rings. The van der Waals surface area contributed by atoms with Crippen LogP contribution in [0.15, 0.2) is 36.5 Å². The van der Waals surface area contributed by atoms with Crippen LogP contribution < -0.4 is 42.8 Å². The average molecular weight is 413 g/mol. The standard InChI is InChI=1S/C17H20NO3.HI/c1-18-12-15(19-2)8-7-14(18)6-5-13-9-16(20-3)11-17(10-13)21-4;/h5-12H,1-4H3;1H/q+1;/p-1/b6-5+;. The lowest BCUT2D eigenvalue weighted by Gasteiger charge is -2.05. The monoisotopic (exact) mass is 413 g/mol. The molecule has 0 saturated carbocycles. The van der Waals surface area contributed by atoms with Gasteiger partial charge < -0.3 is 38.2 Å². The first-order chi connectivity index (χ1) is 10.2. The number of ether oxygens (including phenoxy) is 3. The van der Waals surface area contributed by atoms with Crippen LogP contribution in [-0.2, 0) is 7.05 Å². The highest BCUT2D eigenvalue weighted by Crippen LogP contribution is 2.23. The maximum Gasteiger partial charge on any atom is 0.211 e. The summed E-state index contributed by atoms with van der Waals surface area (Å²) in [7, 11) is 6.93. The van der Waals surface area contributed by atoms with Crippen molar-refractivity contribution in [2.75, 3.05) is 21.3 Å². The van der Waals surface area contributed by atoms with Crippen molar-refractivity contribution in [3.8, 4) is 17.2 Å². The molecule has 2 aromatic rings. The first-order valence-corrected chi connectivity index (χ1v) is 6.61. The highest BCUT2D eigenvalue weighted by atomic mass is 127. The molecule has 5 heteroatoms. The van der Waals surface area contributed by atoms with Gasteiger partial charge in [-0.3, -0.25) is 0 Å². The fraction of sp³-hybridized carbons (Fsp3) is 0.235. The van der Waals surface area contributed by atoms with Crippen LogP contribution in [0.5, 0.6) is 17.2 Å². The van der Waals surface area contributed by atoms with E-state index in [-0.39, 0.29) is 24.0 Å². The maximum atomic E-state index is 5.27. The second kappa shape index (κ2) is 8.63. The van der Waals surface area contributed by atoms with E-state index in [0.717, 1.165) is 28.5 Å². The lowest BCUT2D eigenvalue weighted by atomic mass is 10.1. The summed E-state index contributed by atoms with van der Waals surface area (Å²) in [5, 5.41) is 0. The molecule has 2 rings (SSSR count). The molecule has 0 atom stereocenters. The number of nitrogens with zero attached hydrogens (tertiary/aromatic N) is 1. The molecule has 4 nitrogen and oxygen atoms in total. The smallest absolute Gasteiger partial charge is 0.211 e. The van der Waals surface area contributed by atoms with Crippen LogP contribution >= 0.6 is 0 Å². The van der Waals surface area contributed by atoms with E-state index in [1.54, 1.807) is 21.3 Å². The number of methoxy groups -OCH3 is 3. The fourth-order valence-electron chi connectivity index (χ4n) is 1.99. The van der Waals surface area contributed by atoms with E-state index in [1.165, 1.54) is 0 Å². The minimum atomic E-state index is 0. The van der Waals surface area contributed by atoms with Crippen molar-refractivity contribution in [1.29, 1.82) is 0 Å². The molecule has 0 aliphatic carbocycles. The second-order valence-electron chi connectivity index (χ2n) is 4.58. The van der Waals surface area contributed by atoms with Gasteiger partial charge in [0.2, 0.25) is 11.9 Å². The molecule has 118 valence electrons. The van der Waals surface area contributed by atoms with Crippen molar-refractivity contribution in [2.24, 2.45) is 7.05 Å². The normalized spacial score (nSPS) is 10.2. The van der Waals surface area contributed by atoms with Crippen molar-refractivity contribution in [3.05, 3.63) is 47.8 Å². The highest BCUT2D eigenvalue weighted by molar-refractivity contribution is 5.68. The number of benzene rings is 1. The van der Waals surface area contributed by atoms with Crippen LogP contribution in [0.2, 0.25) is 0 Å². The lowest BCUT2D eigenvalue weighted by molar-refractivity contribution is -0.673. The Bertz CT molecular complexity index is 634. The van der Waals surface area contributed by atoms with Crippen molar-refractivity contribution < 1.29 is 42.8 Å². The summed E-state index contributed by atoms with van der Waals surface area (Å²) in [4.78, 5) is 0. The molecule has 1 aromatic carbocycles. The summed E-state index contributed by atoms with van der Waals surface area (Å²) in [6, 6.07) is 9.72. The molecule has 1 aromatic heterocycles. The Morgan fingerprint density at radius 3 is 1.91 bits per heavy atom. The molecule has 0 spiro atoms. The third-order valence-corrected chi connectivity index (χ3v) is 3.20. The Morgan fingerprint density at radius 1 is 0.818 bits per heavy atom. The quantitative estimate of drug-likeness (QED) is 0.499. The maximum absolute atomic E-state index is 5.27. The van der Waals surface area contributed by atoms with Gasteiger partial charge in [-0.15, -0.1) is 0 Å². The highest BCUT2D eigenvalue weighted by Gasteiger charge is 2.05. The fourth-order valence-corrected chi connectivity index (χ4v) is 1.99. The van der Waals surface area contributed by atoms with E-state index in [1.807, 2.05) is 60.3 Å². The Labute approximate surface area is 148 Å². The first-order valence-electron chi connectivity index (χ1n) is 6.61. The summed E-state index contributed by atoms with van der Waals surface area (Å²) < 4.78 is 17.7. The summed E-state index contributed by atoms with van der Waals surface area (Å²) in [6.07, 6.45) is 5.99. The third-order valence-electron chi connectivity index (χ3n) is 3.20. The zero-order chi connectivity index (χ0) is 15.2. The van der Waals surface area contributed by atoms with Gasteiger partial charge in [-0.25, -0.2) is 0 Å². The summed E-state index contributed by atoms with van der Waals surface area (Å²) in [5.41, 5.74) is 2.08. The van der Waals surface area contributed by atoms with Crippen LogP contribution in [0.25, 0.3) is 12.2 Å². The Balaban J connectivity index is 0.00000242. The topological polar surface area (TPSA) is 31.6 Å². The summed E-state index contributed by atoms with van der Waals surface area (Å²) in [6.45, 7) is 0. The molecular formula is C17H20INO3. The Hall–Kier alpha value is -1.76. The second-order valence-corrected chi connectivity index (χ2v) is 4.58. The van der Waals surface area contributed by atoms with Gasteiger partial charge in [-0.05, 0) is 29.8 Å². The van der Waals surface area contributed by atoms with Crippen molar-refractivity contribution in [1.82, 2.24) is 0 Å². The van der Waals surface area contributed by atoms with Gasteiger partial charge >= 0.3 is 0 Å². The number of pyridine rings is 1. The zero-order valence-electron chi connectivity index (χ0n) is 13.2. The SMILES string of the molecule is COc1cc(/C=C/c2ccc(OC)c[n+]2C)cc(OC)c1.[I-]. The molecule has 0 unspecified atom stereocenters. The van der Waals surface area contributed by atoms with Gasteiger partial charge in [0.1, 0.15) is 18.5 Å². The number of rotatable bonds is 5. The molecule has 22 heavy (non-hydrogen) atoms. The minimum absolute atomic E-state index is 0. The van der Waals surface area contributed by atoms with E-state index < -0.39 is 0 Å². The Kier molecular flexibility index (Phi) is 7.17. The van der Waals surface area contributed by atoms with Crippen LogP contribution in [-0.4, -0.2) is 21.3 Å².